The molecule has 1 aliphatic carbocycles. The first-order valence-electron chi connectivity index (χ1n) is 16.1. The molecule has 9 aromatic rings. The van der Waals surface area contributed by atoms with E-state index in [1.807, 2.05) is 11.3 Å². The van der Waals surface area contributed by atoms with Crippen molar-refractivity contribution in [2.75, 3.05) is 0 Å². The maximum Gasteiger partial charge on any atom is 0.0547 e. The molecule has 7 aromatic carbocycles. The number of rotatable bonds is 3. The minimum absolute atomic E-state index is 1.10. The molecule has 2 heteroatoms. The minimum Gasteiger partial charge on any atom is -0.309 e. The summed E-state index contributed by atoms with van der Waals surface area (Å²) in [6, 6.07) is 55.9. The highest BCUT2D eigenvalue weighted by Gasteiger charge is 2.24. The summed E-state index contributed by atoms with van der Waals surface area (Å²) >= 11 is 1.96. The number of hydrogen-bond acceptors (Lipinski definition) is 1. The van der Waals surface area contributed by atoms with Gasteiger partial charge in [0.1, 0.15) is 0 Å². The van der Waals surface area contributed by atoms with E-state index in [1.165, 1.54) is 92.2 Å². The molecule has 0 fully saturated rings. The van der Waals surface area contributed by atoms with E-state index in [0.717, 1.165) is 12.8 Å². The Hall–Kier alpha value is -5.44. The third-order valence-corrected chi connectivity index (χ3v) is 11.2. The predicted octanol–water partition coefficient (Wildman–Crippen LogP) is 12.3. The molecule has 0 amide bonds. The molecule has 2 aromatic heterocycles. The lowest BCUT2D eigenvalue weighted by Crippen LogP contribution is -2.02. The Labute approximate surface area is 271 Å². The van der Waals surface area contributed by atoms with Crippen LogP contribution >= 0.6 is 11.3 Å². The van der Waals surface area contributed by atoms with E-state index in [2.05, 4.69) is 156 Å². The summed E-state index contributed by atoms with van der Waals surface area (Å²) in [6.07, 6.45) is 2.21. The van der Waals surface area contributed by atoms with Gasteiger partial charge in [0.25, 0.3) is 0 Å². The summed E-state index contributed by atoms with van der Waals surface area (Å²) < 4.78 is 3.84. The minimum atomic E-state index is 1.10. The molecule has 0 spiro atoms. The zero-order chi connectivity index (χ0) is 30.2. The molecular formula is C44H29NS. The summed E-state index contributed by atoms with van der Waals surface area (Å²) in [5, 5.41) is 6.78. The van der Waals surface area contributed by atoms with E-state index in [1.54, 1.807) is 0 Å². The molecule has 0 saturated heterocycles. The smallest absolute Gasteiger partial charge is 0.0547 e. The third-order valence-electron chi connectivity index (χ3n) is 9.94. The van der Waals surface area contributed by atoms with Gasteiger partial charge < -0.3 is 4.57 Å². The van der Waals surface area contributed by atoms with Gasteiger partial charge in [-0.3, -0.25) is 0 Å². The number of thiophene rings is 1. The maximum atomic E-state index is 2.44. The van der Waals surface area contributed by atoms with Gasteiger partial charge in [-0.2, -0.15) is 0 Å². The summed E-state index contributed by atoms with van der Waals surface area (Å²) in [6.45, 7) is 0. The standard InChI is InChI=1S/C44H29NS/c1-2-8-28(9-3-1)29-14-16-30(17-15-29)31-18-22-33(23-19-31)45-39-12-6-4-11-38(39)43-36-24-20-32-21-25-37-34-10-5-7-13-41(34)46-44(37)42(32)35(36)26-27-40(43)45/h1-20,22-24,26-27H,21,25H2. The first kappa shape index (κ1) is 25.8. The van der Waals surface area contributed by atoms with E-state index in [4.69, 9.17) is 0 Å². The van der Waals surface area contributed by atoms with Crippen LogP contribution in [0.1, 0.15) is 11.1 Å². The quantitative estimate of drug-likeness (QED) is 0.189. The van der Waals surface area contributed by atoms with E-state index >= 15 is 0 Å². The van der Waals surface area contributed by atoms with Gasteiger partial charge in [0.2, 0.25) is 0 Å². The van der Waals surface area contributed by atoms with Crippen molar-refractivity contribution in [2.24, 2.45) is 0 Å². The van der Waals surface area contributed by atoms with Crippen LogP contribution in [0.5, 0.6) is 0 Å². The Bertz CT molecular complexity index is 2600. The highest BCUT2D eigenvalue weighted by Crippen LogP contribution is 2.48. The lowest BCUT2D eigenvalue weighted by Gasteiger charge is -2.19. The van der Waals surface area contributed by atoms with Gasteiger partial charge in [-0.1, -0.05) is 121 Å². The van der Waals surface area contributed by atoms with Crippen LogP contribution in [-0.2, 0) is 12.8 Å². The monoisotopic (exact) mass is 603 g/mol. The SMILES string of the molecule is c1ccc(-c2ccc(-c3ccc(-n4c5ccccc5c5c6ccc7c(c6ccc54)-c4sc5ccccc5c4CC7)cc3)cc2)cc1. The molecule has 0 unspecified atom stereocenters. The van der Waals surface area contributed by atoms with E-state index in [9.17, 15) is 0 Å². The van der Waals surface area contributed by atoms with Crippen LogP contribution in [0.25, 0.3) is 81.0 Å². The molecule has 1 nitrogen and oxygen atoms in total. The Kier molecular flexibility index (Phi) is 5.64. The van der Waals surface area contributed by atoms with Gasteiger partial charge >= 0.3 is 0 Å². The second-order valence-electron chi connectivity index (χ2n) is 12.4. The molecular weight excluding hydrogens is 575 g/mol. The number of aryl methyl sites for hydroxylation is 2. The van der Waals surface area contributed by atoms with Crippen LogP contribution in [0.3, 0.4) is 0 Å². The largest absolute Gasteiger partial charge is 0.309 e. The fourth-order valence-electron chi connectivity index (χ4n) is 7.77. The molecule has 1 aliphatic rings. The van der Waals surface area contributed by atoms with Crippen molar-refractivity contribution in [3.63, 3.8) is 0 Å². The van der Waals surface area contributed by atoms with Crippen LogP contribution in [0.15, 0.2) is 152 Å². The van der Waals surface area contributed by atoms with Crippen molar-refractivity contribution in [1.82, 2.24) is 4.57 Å². The number of fused-ring (bicyclic) bond motifs is 11. The van der Waals surface area contributed by atoms with Crippen molar-refractivity contribution in [1.29, 1.82) is 0 Å². The Balaban J connectivity index is 1.12. The first-order valence-corrected chi connectivity index (χ1v) is 16.9. The van der Waals surface area contributed by atoms with Gasteiger partial charge in [-0.25, -0.2) is 0 Å². The summed E-state index contributed by atoms with van der Waals surface area (Å²) in [4.78, 5) is 1.46. The van der Waals surface area contributed by atoms with Crippen LogP contribution in [-0.4, -0.2) is 4.57 Å². The van der Waals surface area contributed by atoms with Crippen LogP contribution < -0.4 is 0 Å². The van der Waals surface area contributed by atoms with E-state index in [-0.39, 0.29) is 0 Å². The molecule has 0 bridgehead atoms. The maximum absolute atomic E-state index is 2.44. The lowest BCUT2D eigenvalue weighted by molar-refractivity contribution is 0.960. The van der Waals surface area contributed by atoms with Crippen molar-refractivity contribution < 1.29 is 0 Å². The number of para-hydroxylation sites is 1. The summed E-state index contributed by atoms with van der Waals surface area (Å²) in [7, 11) is 0. The molecule has 0 saturated carbocycles. The summed E-state index contributed by atoms with van der Waals surface area (Å²) in [5.41, 5.74) is 13.1. The fraction of sp³-hybridized carbons (Fsp3) is 0.0455. The topological polar surface area (TPSA) is 4.93 Å². The van der Waals surface area contributed by atoms with Crippen LogP contribution in [0.4, 0.5) is 0 Å². The Morgan fingerprint density at radius 1 is 0.435 bits per heavy atom. The van der Waals surface area contributed by atoms with Crippen molar-refractivity contribution >= 4 is 54.0 Å². The molecule has 216 valence electrons. The zero-order valence-corrected chi connectivity index (χ0v) is 26.0. The molecule has 0 aliphatic heterocycles. The normalized spacial score (nSPS) is 12.6. The number of benzene rings is 7. The van der Waals surface area contributed by atoms with Crippen LogP contribution in [0, 0.1) is 0 Å². The van der Waals surface area contributed by atoms with Crippen molar-refractivity contribution in [2.45, 2.75) is 12.8 Å². The van der Waals surface area contributed by atoms with Crippen LogP contribution in [0.2, 0.25) is 0 Å². The van der Waals surface area contributed by atoms with Gasteiger partial charge in [0.15, 0.2) is 0 Å². The van der Waals surface area contributed by atoms with Gasteiger partial charge in [-0.05, 0) is 92.7 Å². The average Bonchev–Trinajstić information content (AvgIpc) is 3.68. The molecule has 0 atom stereocenters. The molecule has 0 radical (unpaired) electrons. The summed E-state index contributed by atoms with van der Waals surface area (Å²) in [5.74, 6) is 0. The first-order chi connectivity index (χ1) is 22.8. The van der Waals surface area contributed by atoms with E-state index in [0.29, 0.717) is 0 Å². The molecule has 2 heterocycles. The second-order valence-corrected chi connectivity index (χ2v) is 13.5. The second kappa shape index (κ2) is 10.0. The molecule has 46 heavy (non-hydrogen) atoms. The third kappa shape index (κ3) is 3.81. The predicted molar refractivity (Wildman–Crippen MR) is 197 cm³/mol. The van der Waals surface area contributed by atoms with Gasteiger partial charge in [0, 0.05) is 31.6 Å². The zero-order valence-electron chi connectivity index (χ0n) is 25.2. The molecule has 0 N–H and O–H groups in total. The van der Waals surface area contributed by atoms with Crippen molar-refractivity contribution in [3.05, 3.63) is 163 Å². The highest BCUT2D eigenvalue weighted by molar-refractivity contribution is 7.22. The number of nitrogens with zero attached hydrogens (tertiary/aromatic N) is 1. The number of aromatic nitrogens is 1. The van der Waals surface area contributed by atoms with Gasteiger partial charge in [0.05, 0.1) is 11.0 Å². The fourth-order valence-corrected chi connectivity index (χ4v) is 9.12. The average molecular weight is 604 g/mol. The Morgan fingerprint density at radius 2 is 1.07 bits per heavy atom. The van der Waals surface area contributed by atoms with Crippen molar-refractivity contribution in [3.8, 4) is 38.4 Å². The molecule has 10 rings (SSSR count). The number of hydrogen-bond donors (Lipinski definition) is 0. The highest BCUT2D eigenvalue weighted by atomic mass is 32.1. The van der Waals surface area contributed by atoms with E-state index < -0.39 is 0 Å². The van der Waals surface area contributed by atoms with Gasteiger partial charge in [-0.15, -0.1) is 11.3 Å². The Morgan fingerprint density at radius 3 is 1.85 bits per heavy atom. The lowest BCUT2D eigenvalue weighted by atomic mass is 9.86.